The van der Waals surface area contributed by atoms with Crippen LogP contribution in [-0.4, -0.2) is 43.2 Å². The molecule has 0 spiro atoms. The smallest absolute Gasteiger partial charge is 0.123 e. The van der Waals surface area contributed by atoms with Gasteiger partial charge in [-0.25, -0.2) is 4.98 Å². The monoisotopic (exact) mass is 297 g/mol. The minimum Gasteiger partial charge on any atom is -0.368 e. The standard InChI is InChI=1S/C15H27N3OS/c1-5-16-9-14-12(8-11(2)3)17-15(20-14)13-10-18(4)6-7-19-13/h11,13,16H,5-10H2,1-4H3. The third-order valence-electron chi connectivity index (χ3n) is 3.48. The number of likely N-dealkylation sites (N-methyl/N-ethyl adjacent to an activating group) is 1. The van der Waals surface area contributed by atoms with Crippen molar-refractivity contribution >= 4 is 11.3 Å². The molecule has 4 nitrogen and oxygen atoms in total. The molecule has 1 N–H and O–H groups in total. The van der Waals surface area contributed by atoms with Gasteiger partial charge in [0.1, 0.15) is 11.1 Å². The van der Waals surface area contributed by atoms with Crippen LogP contribution in [-0.2, 0) is 17.7 Å². The Labute approximate surface area is 126 Å². The van der Waals surface area contributed by atoms with E-state index in [-0.39, 0.29) is 6.10 Å². The van der Waals surface area contributed by atoms with Gasteiger partial charge in [-0.05, 0) is 25.9 Å². The molecule has 1 aromatic heterocycles. The molecule has 0 bridgehead atoms. The Morgan fingerprint density at radius 2 is 2.30 bits per heavy atom. The van der Waals surface area contributed by atoms with Crippen molar-refractivity contribution < 1.29 is 4.74 Å². The molecule has 114 valence electrons. The van der Waals surface area contributed by atoms with Gasteiger partial charge >= 0.3 is 0 Å². The first kappa shape index (κ1) is 15.9. The van der Waals surface area contributed by atoms with Crippen molar-refractivity contribution in [3.8, 4) is 0 Å². The molecule has 1 saturated heterocycles. The van der Waals surface area contributed by atoms with E-state index in [1.807, 2.05) is 11.3 Å². The highest BCUT2D eigenvalue weighted by Gasteiger charge is 2.24. The van der Waals surface area contributed by atoms with Gasteiger partial charge in [0.25, 0.3) is 0 Å². The summed E-state index contributed by atoms with van der Waals surface area (Å²) in [6.45, 7) is 11.4. The second-order valence-electron chi connectivity index (χ2n) is 5.92. The minimum absolute atomic E-state index is 0.153. The summed E-state index contributed by atoms with van der Waals surface area (Å²) in [7, 11) is 2.15. The van der Waals surface area contributed by atoms with Crippen LogP contribution in [0.3, 0.4) is 0 Å². The van der Waals surface area contributed by atoms with Gasteiger partial charge in [-0.15, -0.1) is 11.3 Å². The molecular weight excluding hydrogens is 270 g/mol. The molecule has 1 aromatic rings. The lowest BCUT2D eigenvalue weighted by molar-refractivity contribution is -0.0210. The van der Waals surface area contributed by atoms with Crippen LogP contribution in [0.1, 0.15) is 42.5 Å². The number of nitrogens with zero attached hydrogens (tertiary/aromatic N) is 2. The van der Waals surface area contributed by atoms with Crippen LogP contribution in [0.5, 0.6) is 0 Å². The zero-order valence-corrected chi connectivity index (χ0v) is 13.9. The highest BCUT2D eigenvalue weighted by atomic mass is 32.1. The molecule has 1 aliphatic heterocycles. The highest BCUT2D eigenvalue weighted by molar-refractivity contribution is 7.11. The Hall–Kier alpha value is -0.490. The van der Waals surface area contributed by atoms with Crippen molar-refractivity contribution in [1.29, 1.82) is 0 Å². The zero-order chi connectivity index (χ0) is 14.5. The maximum atomic E-state index is 5.90. The summed E-state index contributed by atoms with van der Waals surface area (Å²) < 4.78 is 5.90. The van der Waals surface area contributed by atoms with Gasteiger partial charge in [0, 0.05) is 24.5 Å². The summed E-state index contributed by atoms with van der Waals surface area (Å²) in [6, 6.07) is 0. The first-order chi connectivity index (χ1) is 9.60. The molecule has 5 heteroatoms. The molecule has 1 unspecified atom stereocenters. The van der Waals surface area contributed by atoms with Crippen molar-refractivity contribution in [2.45, 2.75) is 39.8 Å². The maximum Gasteiger partial charge on any atom is 0.123 e. The summed E-state index contributed by atoms with van der Waals surface area (Å²) in [5.41, 5.74) is 1.26. The Morgan fingerprint density at radius 1 is 1.50 bits per heavy atom. The predicted octanol–water partition coefficient (Wildman–Crippen LogP) is 2.45. The Morgan fingerprint density at radius 3 is 2.95 bits per heavy atom. The molecule has 0 aliphatic carbocycles. The highest BCUT2D eigenvalue weighted by Crippen LogP contribution is 2.29. The third kappa shape index (κ3) is 4.25. The van der Waals surface area contributed by atoms with Crippen molar-refractivity contribution in [3.63, 3.8) is 0 Å². The van der Waals surface area contributed by atoms with Gasteiger partial charge < -0.3 is 15.0 Å². The molecule has 0 saturated carbocycles. The number of ether oxygens (including phenoxy) is 1. The molecule has 0 amide bonds. The fourth-order valence-corrected chi connectivity index (χ4v) is 3.49. The Kier molecular flexibility index (Phi) is 5.96. The number of aromatic nitrogens is 1. The van der Waals surface area contributed by atoms with E-state index in [0.717, 1.165) is 44.2 Å². The van der Waals surface area contributed by atoms with Gasteiger partial charge in [-0.3, -0.25) is 0 Å². The molecular formula is C15H27N3OS. The van der Waals surface area contributed by atoms with Gasteiger partial charge in [0.15, 0.2) is 0 Å². The number of morpholine rings is 1. The lowest BCUT2D eigenvalue weighted by atomic mass is 10.1. The van der Waals surface area contributed by atoms with E-state index in [0.29, 0.717) is 5.92 Å². The van der Waals surface area contributed by atoms with Gasteiger partial charge in [-0.2, -0.15) is 0 Å². The second kappa shape index (κ2) is 7.50. The van der Waals surface area contributed by atoms with E-state index in [9.17, 15) is 0 Å². The van der Waals surface area contributed by atoms with E-state index >= 15 is 0 Å². The van der Waals surface area contributed by atoms with Gasteiger partial charge in [0.2, 0.25) is 0 Å². The molecule has 2 rings (SSSR count). The first-order valence-corrected chi connectivity index (χ1v) is 8.41. The van der Waals surface area contributed by atoms with Crippen molar-refractivity contribution in [3.05, 3.63) is 15.6 Å². The second-order valence-corrected chi connectivity index (χ2v) is 7.04. The first-order valence-electron chi connectivity index (χ1n) is 7.59. The van der Waals surface area contributed by atoms with Crippen LogP contribution < -0.4 is 5.32 Å². The Balaban J connectivity index is 2.14. The van der Waals surface area contributed by atoms with E-state index in [2.05, 4.69) is 38.0 Å². The lowest BCUT2D eigenvalue weighted by Crippen LogP contribution is -2.35. The SMILES string of the molecule is CCNCc1sc(C2CN(C)CCO2)nc1CC(C)C. The largest absolute Gasteiger partial charge is 0.368 e. The predicted molar refractivity (Wildman–Crippen MR) is 84.2 cm³/mol. The van der Waals surface area contributed by atoms with Crippen LogP contribution in [0.15, 0.2) is 0 Å². The van der Waals surface area contributed by atoms with Crippen LogP contribution >= 0.6 is 11.3 Å². The van der Waals surface area contributed by atoms with E-state index in [1.54, 1.807) is 0 Å². The zero-order valence-electron chi connectivity index (χ0n) is 13.1. The summed E-state index contributed by atoms with van der Waals surface area (Å²) in [4.78, 5) is 8.59. The van der Waals surface area contributed by atoms with Gasteiger partial charge in [0.05, 0.1) is 12.3 Å². The number of hydrogen-bond donors (Lipinski definition) is 1. The number of nitrogens with one attached hydrogen (secondary N) is 1. The average Bonchev–Trinajstić information content (AvgIpc) is 2.78. The molecule has 20 heavy (non-hydrogen) atoms. The topological polar surface area (TPSA) is 37.4 Å². The Bertz CT molecular complexity index is 419. The molecule has 1 atom stereocenters. The van der Waals surface area contributed by atoms with E-state index < -0.39 is 0 Å². The fraction of sp³-hybridized carbons (Fsp3) is 0.800. The van der Waals surface area contributed by atoms with Crippen LogP contribution in [0.2, 0.25) is 0 Å². The number of hydrogen-bond acceptors (Lipinski definition) is 5. The lowest BCUT2D eigenvalue weighted by Gasteiger charge is -2.28. The molecule has 1 fully saturated rings. The van der Waals surface area contributed by atoms with Crippen LogP contribution in [0.4, 0.5) is 0 Å². The quantitative estimate of drug-likeness (QED) is 0.875. The summed E-state index contributed by atoms with van der Waals surface area (Å²) >= 11 is 1.82. The summed E-state index contributed by atoms with van der Waals surface area (Å²) in [5.74, 6) is 0.639. The normalized spacial score (nSPS) is 20.8. The van der Waals surface area contributed by atoms with Crippen molar-refractivity contribution in [2.24, 2.45) is 5.92 Å². The van der Waals surface area contributed by atoms with Crippen LogP contribution in [0, 0.1) is 5.92 Å². The van der Waals surface area contributed by atoms with E-state index in [4.69, 9.17) is 9.72 Å². The maximum absolute atomic E-state index is 5.90. The number of rotatable bonds is 6. The van der Waals surface area contributed by atoms with Crippen LogP contribution in [0.25, 0.3) is 0 Å². The molecule has 0 radical (unpaired) electrons. The summed E-state index contributed by atoms with van der Waals surface area (Å²) in [6.07, 6.45) is 1.21. The fourth-order valence-electron chi connectivity index (χ4n) is 2.39. The van der Waals surface area contributed by atoms with Gasteiger partial charge in [-0.1, -0.05) is 20.8 Å². The minimum atomic E-state index is 0.153. The molecule has 1 aliphatic rings. The molecule has 2 heterocycles. The van der Waals surface area contributed by atoms with Crippen molar-refractivity contribution in [2.75, 3.05) is 33.3 Å². The van der Waals surface area contributed by atoms with Crippen molar-refractivity contribution in [1.82, 2.24) is 15.2 Å². The number of thiazole rings is 1. The average molecular weight is 297 g/mol. The third-order valence-corrected chi connectivity index (χ3v) is 4.67. The van der Waals surface area contributed by atoms with E-state index in [1.165, 1.54) is 10.6 Å². The molecule has 0 aromatic carbocycles. The summed E-state index contributed by atoms with van der Waals surface area (Å²) in [5, 5.41) is 4.58.